The van der Waals surface area contributed by atoms with Gasteiger partial charge in [-0.2, -0.15) is 0 Å². The molecule has 1 fully saturated rings. The van der Waals surface area contributed by atoms with Gasteiger partial charge in [-0.15, -0.1) is 0 Å². The Morgan fingerprint density at radius 1 is 1.53 bits per heavy atom. The lowest BCUT2D eigenvalue weighted by molar-refractivity contribution is 0.0989. The van der Waals surface area contributed by atoms with Crippen LogP contribution in [0, 0.1) is 6.92 Å². The average molecular weight is 227 g/mol. The third-order valence-corrected chi connectivity index (χ3v) is 2.80. The molecule has 1 aliphatic heterocycles. The van der Waals surface area contributed by atoms with Crippen molar-refractivity contribution in [3.8, 4) is 0 Å². The van der Waals surface area contributed by atoms with Gasteiger partial charge >= 0.3 is 0 Å². The zero-order valence-electron chi connectivity index (χ0n) is 9.03. The maximum absolute atomic E-state index is 5.95. The van der Waals surface area contributed by atoms with Crippen LogP contribution in [0.15, 0.2) is 12.1 Å². The fourth-order valence-electron chi connectivity index (χ4n) is 1.89. The molecule has 1 unspecified atom stereocenters. The Morgan fingerprint density at radius 3 is 3.00 bits per heavy atom. The molecule has 1 aromatic heterocycles. The van der Waals surface area contributed by atoms with Crippen LogP contribution < -0.4 is 4.90 Å². The highest BCUT2D eigenvalue weighted by molar-refractivity contribution is 6.29. The Balaban J connectivity index is 2.27. The van der Waals surface area contributed by atoms with Gasteiger partial charge in [0.25, 0.3) is 0 Å². The summed E-state index contributed by atoms with van der Waals surface area (Å²) in [6, 6.07) is 4.38. The summed E-state index contributed by atoms with van der Waals surface area (Å²) in [6.07, 6.45) is 0. The van der Waals surface area contributed by atoms with E-state index in [1.165, 1.54) is 0 Å². The van der Waals surface area contributed by atoms with E-state index in [1.54, 1.807) is 0 Å². The molecule has 1 saturated heterocycles. The zero-order chi connectivity index (χ0) is 10.8. The zero-order valence-corrected chi connectivity index (χ0v) is 9.79. The lowest BCUT2D eigenvalue weighted by Crippen LogP contribution is -2.43. The van der Waals surface area contributed by atoms with Crippen LogP contribution in [0.1, 0.15) is 12.6 Å². The maximum Gasteiger partial charge on any atom is 0.131 e. The third-order valence-electron chi connectivity index (χ3n) is 2.61. The Morgan fingerprint density at radius 2 is 2.33 bits per heavy atom. The number of hydrogen-bond donors (Lipinski definition) is 0. The van der Waals surface area contributed by atoms with Crippen LogP contribution in [0.5, 0.6) is 0 Å². The highest BCUT2D eigenvalue weighted by atomic mass is 35.5. The molecule has 0 aliphatic carbocycles. The van der Waals surface area contributed by atoms with Crippen molar-refractivity contribution in [3.05, 3.63) is 23.0 Å². The minimum Gasteiger partial charge on any atom is -0.377 e. The number of nitrogens with zero attached hydrogens (tertiary/aromatic N) is 2. The van der Waals surface area contributed by atoms with Crippen LogP contribution in [0.25, 0.3) is 0 Å². The van der Waals surface area contributed by atoms with Crippen molar-refractivity contribution in [1.82, 2.24) is 4.98 Å². The first-order valence-electron chi connectivity index (χ1n) is 5.15. The molecular formula is C11H15ClN2O. The van der Waals surface area contributed by atoms with Crippen LogP contribution in [0.2, 0.25) is 5.15 Å². The molecule has 15 heavy (non-hydrogen) atoms. The van der Waals surface area contributed by atoms with Gasteiger partial charge in [-0.3, -0.25) is 0 Å². The summed E-state index contributed by atoms with van der Waals surface area (Å²) in [5, 5.41) is 0.559. The van der Waals surface area contributed by atoms with E-state index in [-0.39, 0.29) is 0 Å². The number of aryl methyl sites for hydroxylation is 1. The van der Waals surface area contributed by atoms with E-state index in [0.29, 0.717) is 11.2 Å². The van der Waals surface area contributed by atoms with E-state index in [2.05, 4.69) is 22.9 Å². The molecule has 1 aliphatic rings. The number of aromatic nitrogens is 1. The summed E-state index contributed by atoms with van der Waals surface area (Å²) < 4.78 is 5.40. The molecule has 1 aromatic rings. The lowest BCUT2D eigenvalue weighted by Gasteiger charge is -2.35. The van der Waals surface area contributed by atoms with E-state index in [0.717, 1.165) is 31.1 Å². The van der Waals surface area contributed by atoms with Crippen LogP contribution in [0.3, 0.4) is 0 Å². The summed E-state index contributed by atoms with van der Waals surface area (Å²) in [5.41, 5.74) is 2.10. The Kier molecular flexibility index (Phi) is 3.12. The average Bonchev–Trinajstić information content (AvgIpc) is 2.16. The monoisotopic (exact) mass is 226 g/mol. The number of ether oxygens (including phenoxy) is 1. The largest absolute Gasteiger partial charge is 0.377 e. The number of rotatable bonds is 1. The number of morpholine rings is 1. The van der Waals surface area contributed by atoms with Crippen molar-refractivity contribution in [2.24, 2.45) is 0 Å². The molecule has 0 saturated carbocycles. The summed E-state index contributed by atoms with van der Waals surface area (Å²) in [5.74, 6) is 0. The predicted octanol–water partition coefficient (Wildman–Crippen LogP) is 2.27. The van der Waals surface area contributed by atoms with Crippen molar-refractivity contribution in [2.75, 3.05) is 24.7 Å². The lowest BCUT2D eigenvalue weighted by atomic mass is 10.2. The molecule has 0 radical (unpaired) electrons. The number of hydrogen-bond acceptors (Lipinski definition) is 3. The molecule has 4 heteroatoms. The quantitative estimate of drug-likeness (QED) is 0.687. The Labute approximate surface area is 95.0 Å². The molecule has 2 heterocycles. The van der Waals surface area contributed by atoms with Gasteiger partial charge in [0.05, 0.1) is 13.2 Å². The first kappa shape index (κ1) is 10.7. The van der Waals surface area contributed by atoms with E-state index in [9.17, 15) is 0 Å². The third kappa shape index (κ3) is 2.41. The molecule has 0 spiro atoms. The summed E-state index contributed by atoms with van der Waals surface area (Å²) >= 11 is 5.95. The molecule has 0 aromatic carbocycles. The van der Waals surface area contributed by atoms with E-state index in [1.807, 2.05) is 13.0 Å². The van der Waals surface area contributed by atoms with E-state index < -0.39 is 0 Å². The summed E-state index contributed by atoms with van der Waals surface area (Å²) in [4.78, 5) is 6.47. The van der Waals surface area contributed by atoms with Gasteiger partial charge in [0.1, 0.15) is 5.15 Å². The molecule has 2 rings (SSSR count). The topological polar surface area (TPSA) is 25.4 Å². The SMILES string of the molecule is Cc1cc(N2CCOCC2C)cc(Cl)n1. The Bertz CT molecular complexity index is 336. The smallest absolute Gasteiger partial charge is 0.131 e. The predicted molar refractivity (Wildman–Crippen MR) is 61.6 cm³/mol. The van der Waals surface area contributed by atoms with E-state index >= 15 is 0 Å². The van der Waals surface area contributed by atoms with Gasteiger partial charge in [0.2, 0.25) is 0 Å². The first-order valence-corrected chi connectivity index (χ1v) is 5.53. The summed E-state index contributed by atoms with van der Waals surface area (Å²) in [7, 11) is 0. The number of halogens is 1. The second-order valence-electron chi connectivity index (χ2n) is 3.91. The molecule has 82 valence electrons. The van der Waals surface area contributed by atoms with Crippen molar-refractivity contribution in [3.63, 3.8) is 0 Å². The minimum atomic E-state index is 0.400. The van der Waals surface area contributed by atoms with Gasteiger partial charge in [0, 0.05) is 24.0 Å². The fraction of sp³-hybridized carbons (Fsp3) is 0.545. The molecular weight excluding hydrogens is 212 g/mol. The molecule has 0 N–H and O–H groups in total. The fourth-order valence-corrected chi connectivity index (χ4v) is 2.13. The molecule has 0 amide bonds. The van der Waals surface area contributed by atoms with Gasteiger partial charge in [-0.05, 0) is 26.0 Å². The molecule has 0 bridgehead atoms. The highest BCUT2D eigenvalue weighted by Gasteiger charge is 2.19. The van der Waals surface area contributed by atoms with Crippen LogP contribution in [-0.2, 0) is 4.74 Å². The Hall–Kier alpha value is -0.800. The summed E-state index contributed by atoms with van der Waals surface area (Å²) in [6.45, 7) is 6.59. The normalized spacial score (nSPS) is 21.8. The van der Waals surface area contributed by atoms with E-state index in [4.69, 9.17) is 16.3 Å². The highest BCUT2D eigenvalue weighted by Crippen LogP contribution is 2.23. The van der Waals surface area contributed by atoms with Crippen LogP contribution in [0.4, 0.5) is 5.69 Å². The maximum atomic E-state index is 5.95. The van der Waals surface area contributed by atoms with Crippen LogP contribution >= 0.6 is 11.6 Å². The minimum absolute atomic E-state index is 0.400. The van der Waals surface area contributed by atoms with Crippen molar-refractivity contribution in [2.45, 2.75) is 19.9 Å². The number of anilines is 1. The van der Waals surface area contributed by atoms with Crippen molar-refractivity contribution < 1.29 is 4.74 Å². The van der Waals surface area contributed by atoms with Crippen molar-refractivity contribution >= 4 is 17.3 Å². The first-order chi connectivity index (χ1) is 7.16. The van der Waals surface area contributed by atoms with Gasteiger partial charge in [0.15, 0.2) is 0 Å². The molecule has 1 atom stereocenters. The second kappa shape index (κ2) is 4.37. The van der Waals surface area contributed by atoms with Gasteiger partial charge in [-0.1, -0.05) is 11.6 Å². The number of pyridine rings is 1. The van der Waals surface area contributed by atoms with Crippen LogP contribution in [-0.4, -0.2) is 30.8 Å². The van der Waals surface area contributed by atoms with Crippen molar-refractivity contribution in [1.29, 1.82) is 0 Å². The molecule has 3 nitrogen and oxygen atoms in total. The standard InChI is InChI=1S/C11H15ClN2O/c1-8-5-10(6-11(12)13-8)14-3-4-15-7-9(14)2/h5-6,9H,3-4,7H2,1-2H3. The van der Waals surface area contributed by atoms with Gasteiger partial charge < -0.3 is 9.64 Å². The second-order valence-corrected chi connectivity index (χ2v) is 4.29. The van der Waals surface area contributed by atoms with Gasteiger partial charge in [-0.25, -0.2) is 4.98 Å².